The van der Waals surface area contributed by atoms with Gasteiger partial charge in [-0.1, -0.05) is 54.1 Å². The summed E-state index contributed by atoms with van der Waals surface area (Å²) in [5.74, 6) is -2.84. The number of amides is 1. The van der Waals surface area contributed by atoms with Crippen LogP contribution in [0.25, 0.3) is 0 Å². The van der Waals surface area contributed by atoms with Crippen molar-refractivity contribution in [2.24, 2.45) is 0 Å². The van der Waals surface area contributed by atoms with E-state index in [4.69, 9.17) is 11.6 Å². The number of hydrogen-bond acceptors (Lipinski definition) is 4. The first-order chi connectivity index (χ1) is 13.6. The van der Waals surface area contributed by atoms with Gasteiger partial charge < -0.3 is 10.1 Å². The molecule has 0 aliphatic rings. The molecular weight excluding hydrogens is 409 g/mol. The van der Waals surface area contributed by atoms with E-state index in [0.717, 1.165) is 0 Å². The van der Waals surface area contributed by atoms with Crippen LogP contribution >= 0.6 is 11.6 Å². The molecule has 156 valence electrons. The minimum Gasteiger partial charge on any atom is -0.463 e. The van der Waals surface area contributed by atoms with Crippen LogP contribution in [0.15, 0.2) is 54.6 Å². The van der Waals surface area contributed by atoms with Crippen LogP contribution in [0.4, 0.5) is 13.2 Å². The highest BCUT2D eigenvalue weighted by atomic mass is 35.5. The summed E-state index contributed by atoms with van der Waals surface area (Å²) < 4.78 is 47.2. The zero-order valence-corrected chi connectivity index (χ0v) is 16.5. The van der Waals surface area contributed by atoms with E-state index in [1.807, 2.05) is 0 Å². The SMILES string of the molecule is CCOC(=O)C(NC(=O)c1ccccc1Cl)(NC(C)c1ccccc1)C(F)(F)F. The van der Waals surface area contributed by atoms with Crippen LogP contribution in [0.5, 0.6) is 0 Å². The number of benzene rings is 2. The Kier molecular flexibility index (Phi) is 7.26. The summed E-state index contributed by atoms with van der Waals surface area (Å²) >= 11 is 5.93. The second-order valence-electron chi connectivity index (χ2n) is 6.18. The molecule has 2 unspecified atom stereocenters. The van der Waals surface area contributed by atoms with Gasteiger partial charge >= 0.3 is 12.1 Å². The second-order valence-corrected chi connectivity index (χ2v) is 6.59. The Bertz CT molecular complexity index is 862. The van der Waals surface area contributed by atoms with Crippen molar-refractivity contribution in [2.75, 3.05) is 6.61 Å². The van der Waals surface area contributed by atoms with E-state index >= 15 is 0 Å². The second kappa shape index (κ2) is 9.28. The molecule has 2 aromatic carbocycles. The maximum atomic E-state index is 14.2. The van der Waals surface area contributed by atoms with Gasteiger partial charge in [-0.15, -0.1) is 0 Å². The van der Waals surface area contributed by atoms with E-state index in [2.05, 4.69) is 10.1 Å². The fourth-order valence-electron chi connectivity index (χ4n) is 2.69. The first-order valence-electron chi connectivity index (χ1n) is 8.76. The molecule has 5 nitrogen and oxygen atoms in total. The van der Waals surface area contributed by atoms with Gasteiger partial charge in [-0.3, -0.25) is 10.1 Å². The zero-order chi connectivity index (χ0) is 21.7. The molecule has 0 radical (unpaired) electrons. The largest absolute Gasteiger partial charge is 0.463 e. The minimum absolute atomic E-state index is 0.0546. The molecule has 29 heavy (non-hydrogen) atoms. The molecule has 2 atom stereocenters. The fourth-order valence-corrected chi connectivity index (χ4v) is 2.91. The molecule has 2 aromatic rings. The quantitative estimate of drug-likeness (QED) is 0.511. The van der Waals surface area contributed by atoms with Gasteiger partial charge in [0.15, 0.2) is 0 Å². The molecule has 0 aliphatic carbocycles. The van der Waals surface area contributed by atoms with Gasteiger partial charge in [-0.2, -0.15) is 13.2 Å². The molecule has 0 heterocycles. The molecule has 1 amide bonds. The van der Waals surface area contributed by atoms with Gasteiger partial charge in [0.05, 0.1) is 17.2 Å². The lowest BCUT2D eigenvalue weighted by Crippen LogP contribution is -2.73. The zero-order valence-electron chi connectivity index (χ0n) is 15.7. The topological polar surface area (TPSA) is 67.4 Å². The monoisotopic (exact) mass is 428 g/mol. The molecule has 0 fully saturated rings. The summed E-state index contributed by atoms with van der Waals surface area (Å²) in [6, 6.07) is 12.8. The maximum Gasteiger partial charge on any atom is 0.436 e. The lowest BCUT2D eigenvalue weighted by Gasteiger charge is -2.37. The highest BCUT2D eigenvalue weighted by Crippen LogP contribution is 2.33. The van der Waals surface area contributed by atoms with Gasteiger partial charge in [-0.25, -0.2) is 4.79 Å². The summed E-state index contributed by atoms with van der Waals surface area (Å²) in [5, 5.41) is 3.94. The van der Waals surface area contributed by atoms with E-state index in [9.17, 15) is 22.8 Å². The molecule has 0 spiro atoms. The molecule has 0 aromatic heterocycles. The molecule has 0 saturated heterocycles. The van der Waals surface area contributed by atoms with Crippen LogP contribution in [-0.4, -0.2) is 30.3 Å². The first-order valence-corrected chi connectivity index (χ1v) is 9.13. The molecule has 0 bridgehead atoms. The summed E-state index contributed by atoms with van der Waals surface area (Å²) in [4.78, 5) is 25.1. The lowest BCUT2D eigenvalue weighted by molar-refractivity contribution is -0.220. The first kappa shape index (κ1) is 22.7. The summed E-state index contributed by atoms with van der Waals surface area (Å²) in [6.07, 6.45) is -5.21. The molecule has 0 saturated carbocycles. The summed E-state index contributed by atoms with van der Waals surface area (Å²) in [7, 11) is 0. The van der Waals surface area contributed by atoms with Crippen LogP contribution in [0.2, 0.25) is 5.02 Å². The Hall–Kier alpha value is -2.58. The van der Waals surface area contributed by atoms with Crippen molar-refractivity contribution in [1.82, 2.24) is 10.6 Å². The normalized spacial score (nSPS) is 14.6. The Morgan fingerprint density at radius 3 is 2.21 bits per heavy atom. The van der Waals surface area contributed by atoms with Crippen LogP contribution < -0.4 is 10.6 Å². The molecule has 2 rings (SSSR count). The number of nitrogens with one attached hydrogen (secondary N) is 2. The van der Waals surface area contributed by atoms with Crippen molar-refractivity contribution in [3.63, 3.8) is 0 Å². The van der Waals surface area contributed by atoms with E-state index in [1.165, 1.54) is 38.1 Å². The number of ether oxygens (including phenoxy) is 1. The summed E-state index contributed by atoms with van der Waals surface area (Å²) in [6.45, 7) is 2.51. The Morgan fingerprint density at radius 2 is 1.66 bits per heavy atom. The molecule has 2 N–H and O–H groups in total. The van der Waals surface area contributed by atoms with Crippen LogP contribution in [0.3, 0.4) is 0 Å². The van der Waals surface area contributed by atoms with Crippen molar-refractivity contribution in [3.05, 3.63) is 70.7 Å². The molecule has 9 heteroatoms. The number of hydrogen-bond donors (Lipinski definition) is 2. The minimum atomic E-state index is -5.21. The Balaban J connectivity index is 2.49. The fraction of sp³-hybridized carbons (Fsp3) is 0.300. The van der Waals surface area contributed by atoms with Crippen LogP contribution in [0.1, 0.15) is 35.8 Å². The molecule has 0 aliphatic heterocycles. The van der Waals surface area contributed by atoms with Crippen molar-refractivity contribution < 1.29 is 27.5 Å². The maximum absolute atomic E-state index is 14.2. The van der Waals surface area contributed by atoms with Crippen LogP contribution in [0, 0.1) is 0 Å². The van der Waals surface area contributed by atoms with E-state index in [0.29, 0.717) is 5.56 Å². The van der Waals surface area contributed by atoms with Gasteiger partial charge in [0.2, 0.25) is 0 Å². The average Bonchev–Trinajstić information content (AvgIpc) is 2.67. The van der Waals surface area contributed by atoms with E-state index in [-0.39, 0.29) is 17.2 Å². The number of halogens is 4. The third kappa shape index (κ3) is 5.07. The Labute approximate surface area is 171 Å². The predicted octanol–water partition coefficient (Wildman–Crippen LogP) is 4.24. The van der Waals surface area contributed by atoms with Gasteiger partial charge in [0, 0.05) is 6.04 Å². The smallest absolute Gasteiger partial charge is 0.436 e. The highest BCUT2D eigenvalue weighted by Gasteiger charge is 2.63. The number of rotatable bonds is 7. The van der Waals surface area contributed by atoms with Crippen molar-refractivity contribution >= 4 is 23.5 Å². The number of carbonyl (C=O) groups is 2. The van der Waals surface area contributed by atoms with Gasteiger partial charge in [-0.05, 0) is 31.5 Å². The van der Waals surface area contributed by atoms with Crippen molar-refractivity contribution in [1.29, 1.82) is 0 Å². The van der Waals surface area contributed by atoms with Gasteiger partial charge in [0.1, 0.15) is 0 Å². The van der Waals surface area contributed by atoms with Gasteiger partial charge in [0.25, 0.3) is 11.6 Å². The highest BCUT2D eigenvalue weighted by molar-refractivity contribution is 6.33. The number of alkyl halides is 3. The van der Waals surface area contributed by atoms with E-state index in [1.54, 1.807) is 35.6 Å². The third-order valence-electron chi connectivity index (χ3n) is 4.16. The number of carbonyl (C=O) groups excluding carboxylic acids is 2. The Morgan fingerprint density at radius 1 is 1.07 bits per heavy atom. The summed E-state index contributed by atoms with van der Waals surface area (Å²) in [5.41, 5.74) is -3.20. The molecular formula is C20H20ClF3N2O3. The lowest BCUT2D eigenvalue weighted by atomic mass is 10.0. The average molecular weight is 429 g/mol. The van der Waals surface area contributed by atoms with Crippen molar-refractivity contribution in [2.45, 2.75) is 31.7 Å². The third-order valence-corrected chi connectivity index (χ3v) is 4.49. The van der Waals surface area contributed by atoms with Crippen LogP contribution in [-0.2, 0) is 9.53 Å². The van der Waals surface area contributed by atoms with E-state index < -0.39 is 29.8 Å². The van der Waals surface area contributed by atoms with Crippen molar-refractivity contribution in [3.8, 4) is 0 Å². The number of esters is 1. The standard InChI is InChI=1S/C20H20ClF3N2O3/c1-3-29-18(28)19(20(22,23)24,25-13(2)14-9-5-4-6-10-14)26-17(27)15-11-7-8-12-16(15)21/h4-13,25H,3H2,1-2H3,(H,26,27). The predicted molar refractivity (Wildman–Crippen MR) is 102 cm³/mol.